The fourth-order valence-corrected chi connectivity index (χ4v) is 3.93. The first kappa shape index (κ1) is 17.9. The summed E-state index contributed by atoms with van der Waals surface area (Å²) in [6, 6.07) is 12.0. The van der Waals surface area contributed by atoms with Crippen LogP contribution in [0.3, 0.4) is 0 Å². The molecule has 0 spiro atoms. The van der Waals surface area contributed by atoms with E-state index in [2.05, 4.69) is 16.4 Å². The number of para-hydroxylation sites is 1. The van der Waals surface area contributed by atoms with E-state index >= 15 is 0 Å². The second kappa shape index (κ2) is 8.44. The van der Waals surface area contributed by atoms with Crippen LogP contribution >= 0.6 is 0 Å². The second-order valence-corrected chi connectivity index (χ2v) is 7.34. The lowest BCUT2D eigenvalue weighted by Crippen LogP contribution is -2.24. The van der Waals surface area contributed by atoms with Gasteiger partial charge in [-0.3, -0.25) is 4.98 Å². The van der Waals surface area contributed by atoms with Crippen molar-refractivity contribution in [2.75, 3.05) is 11.9 Å². The summed E-state index contributed by atoms with van der Waals surface area (Å²) in [6.07, 6.45) is 10.1. The zero-order valence-corrected chi connectivity index (χ0v) is 15.5. The number of benzene rings is 1. The van der Waals surface area contributed by atoms with Crippen LogP contribution in [0.15, 0.2) is 48.8 Å². The van der Waals surface area contributed by atoms with Crippen LogP contribution in [0.25, 0.3) is 22.3 Å². The maximum Gasteiger partial charge on any atom is 0.163 e. The Morgan fingerprint density at radius 3 is 2.78 bits per heavy atom. The molecule has 0 radical (unpaired) electrons. The average Bonchev–Trinajstić information content (AvgIpc) is 2.73. The minimum atomic E-state index is -0.115. The predicted molar refractivity (Wildman–Crippen MR) is 108 cm³/mol. The maximum absolute atomic E-state index is 10.1. The summed E-state index contributed by atoms with van der Waals surface area (Å²) in [5.74, 6) is 2.00. The summed E-state index contributed by atoms with van der Waals surface area (Å²) < 4.78 is 0. The smallest absolute Gasteiger partial charge is 0.163 e. The van der Waals surface area contributed by atoms with Gasteiger partial charge in [0.15, 0.2) is 5.82 Å². The highest BCUT2D eigenvalue weighted by Gasteiger charge is 2.22. The molecule has 0 saturated heterocycles. The monoisotopic (exact) mass is 362 g/mol. The Hall–Kier alpha value is -2.53. The average molecular weight is 362 g/mol. The molecule has 2 unspecified atom stereocenters. The minimum absolute atomic E-state index is 0.115. The van der Waals surface area contributed by atoms with Crippen LogP contribution in [0.1, 0.15) is 38.5 Å². The van der Waals surface area contributed by atoms with E-state index in [4.69, 9.17) is 9.97 Å². The lowest BCUT2D eigenvalue weighted by molar-refractivity contribution is 0.0648. The number of aliphatic hydroxyl groups excluding tert-OH is 1. The van der Waals surface area contributed by atoms with Gasteiger partial charge in [-0.2, -0.15) is 0 Å². The quantitative estimate of drug-likeness (QED) is 0.635. The summed E-state index contributed by atoms with van der Waals surface area (Å²) in [5, 5.41) is 14.7. The largest absolute Gasteiger partial charge is 0.393 e. The van der Waals surface area contributed by atoms with Gasteiger partial charge in [-0.15, -0.1) is 0 Å². The Kier molecular flexibility index (Phi) is 5.58. The summed E-state index contributed by atoms with van der Waals surface area (Å²) in [4.78, 5) is 13.6. The molecule has 4 rings (SSSR count). The molecule has 5 heteroatoms. The topological polar surface area (TPSA) is 70.9 Å². The fraction of sp³-hybridized carbons (Fsp3) is 0.409. The number of aromatic nitrogens is 3. The van der Waals surface area contributed by atoms with Crippen LogP contribution in [0.4, 0.5) is 5.82 Å². The third-order valence-electron chi connectivity index (χ3n) is 5.44. The first-order valence-corrected chi connectivity index (χ1v) is 9.90. The van der Waals surface area contributed by atoms with Gasteiger partial charge < -0.3 is 10.4 Å². The normalized spacial score (nSPS) is 19.9. The van der Waals surface area contributed by atoms with E-state index < -0.39 is 0 Å². The molecule has 2 atom stereocenters. The number of rotatable bonds is 6. The van der Waals surface area contributed by atoms with E-state index in [0.29, 0.717) is 11.7 Å². The van der Waals surface area contributed by atoms with Crippen molar-refractivity contribution in [3.8, 4) is 11.4 Å². The maximum atomic E-state index is 10.1. The van der Waals surface area contributed by atoms with Gasteiger partial charge in [-0.25, -0.2) is 9.97 Å². The molecule has 5 nitrogen and oxygen atoms in total. The van der Waals surface area contributed by atoms with E-state index in [-0.39, 0.29) is 6.10 Å². The highest BCUT2D eigenvalue weighted by atomic mass is 16.3. The zero-order chi connectivity index (χ0) is 18.5. The van der Waals surface area contributed by atoms with Gasteiger partial charge in [0.05, 0.1) is 11.6 Å². The Bertz CT molecular complexity index is 884. The fourth-order valence-electron chi connectivity index (χ4n) is 3.93. The van der Waals surface area contributed by atoms with Crippen molar-refractivity contribution in [3.63, 3.8) is 0 Å². The summed E-state index contributed by atoms with van der Waals surface area (Å²) in [5.41, 5.74) is 1.84. The lowest BCUT2D eigenvalue weighted by Gasteiger charge is -2.27. The molecule has 1 aliphatic rings. The molecule has 1 fully saturated rings. The molecule has 1 saturated carbocycles. The van der Waals surface area contributed by atoms with Crippen molar-refractivity contribution >= 4 is 16.7 Å². The van der Waals surface area contributed by atoms with Crippen molar-refractivity contribution in [2.45, 2.75) is 44.6 Å². The second-order valence-electron chi connectivity index (χ2n) is 7.34. The molecule has 2 N–H and O–H groups in total. The van der Waals surface area contributed by atoms with E-state index in [1.807, 2.05) is 30.3 Å². The van der Waals surface area contributed by atoms with Crippen LogP contribution in [0, 0.1) is 5.92 Å². The molecule has 27 heavy (non-hydrogen) atoms. The number of anilines is 1. The van der Waals surface area contributed by atoms with Crippen molar-refractivity contribution in [3.05, 3.63) is 48.8 Å². The van der Waals surface area contributed by atoms with Gasteiger partial charge in [0, 0.05) is 29.9 Å². The van der Waals surface area contributed by atoms with E-state index in [1.54, 1.807) is 12.4 Å². The van der Waals surface area contributed by atoms with Gasteiger partial charge in [-0.1, -0.05) is 25.0 Å². The molecule has 140 valence electrons. The highest BCUT2D eigenvalue weighted by molar-refractivity contribution is 5.90. The minimum Gasteiger partial charge on any atom is -0.393 e. The predicted octanol–water partition coefficient (Wildman–Crippen LogP) is 4.44. The molecule has 2 heterocycles. The Morgan fingerprint density at radius 2 is 1.93 bits per heavy atom. The van der Waals surface area contributed by atoms with E-state index in [0.717, 1.165) is 54.5 Å². The van der Waals surface area contributed by atoms with Gasteiger partial charge in [-0.05, 0) is 55.9 Å². The molecule has 2 aromatic heterocycles. The Morgan fingerprint density at radius 1 is 1.04 bits per heavy atom. The molecule has 0 amide bonds. The molecule has 1 aromatic carbocycles. The van der Waals surface area contributed by atoms with Gasteiger partial charge in [0.25, 0.3) is 0 Å². The number of hydrogen-bond donors (Lipinski definition) is 2. The third-order valence-corrected chi connectivity index (χ3v) is 5.44. The zero-order valence-electron chi connectivity index (χ0n) is 15.5. The molecular formula is C22H26N4O. The van der Waals surface area contributed by atoms with E-state index in [9.17, 15) is 5.11 Å². The number of aliphatic hydroxyl groups is 1. The van der Waals surface area contributed by atoms with Crippen LogP contribution < -0.4 is 5.32 Å². The van der Waals surface area contributed by atoms with Gasteiger partial charge in [0.1, 0.15) is 5.82 Å². The van der Waals surface area contributed by atoms with Crippen LogP contribution in [-0.4, -0.2) is 32.7 Å². The first-order valence-electron chi connectivity index (χ1n) is 9.90. The summed E-state index contributed by atoms with van der Waals surface area (Å²) >= 11 is 0. The number of nitrogens with zero attached hydrogens (tertiary/aromatic N) is 3. The van der Waals surface area contributed by atoms with Crippen molar-refractivity contribution < 1.29 is 5.11 Å². The van der Waals surface area contributed by atoms with Crippen LogP contribution in [-0.2, 0) is 0 Å². The molecule has 0 aliphatic heterocycles. The van der Waals surface area contributed by atoms with Crippen molar-refractivity contribution in [2.24, 2.45) is 5.92 Å². The number of nitrogens with one attached hydrogen (secondary N) is 1. The van der Waals surface area contributed by atoms with E-state index in [1.165, 1.54) is 12.8 Å². The summed E-state index contributed by atoms with van der Waals surface area (Å²) in [6.45, 7) is 0.844. The van der Waals surface area contributed by atoms with Gasteiger partial charge >= 0.3 is 0 Å². The lowest BCUT2D eigenvalue weighted by atomic mass is 9.83. The SMILES string of the molecule is OC1CCCCC1CCCNc1nc(-c2cccnc2)nc2ccccc12. The number of hydrogen-bond acceptors (Lipinski definition) is 5. The van der Waals surface area contributed by atoms with Crippen LogP contribution in [0.2, 0.25) is 0 Å². The molecule has 3 aromatic rings. The Balaban J connectivity index is 1.48. The number of fused-ring (bicyclic) bond motifs is 1. The first-order chi connectivity index (χ1) is 13.3. The van der Waals surface area contributed by atoms with Crippen molar-refractivity contribution in [1.82, 2.24) is 15.0 Å². The van der Waals surface area contributed by atoms with Crippen molar-refractivity contribution in [1.29, 1.82) is 0 Å². The van der Waals surface area contributed by atoms with Gasteiger partial charge in [0.2, 0.25) is 0 Å². The molecule has 1 aliphatic carbocycles. The Labute approximate surface area is 159 Å². The third kappa shape index (κ3) is 4.25. The number of pyridine rings is 1. The van der Waals surface area contributed by atoms with Crippen LogP contribution in [0.5, 0.6) is 0 Å². The molecular weight excluding hydrogens is 336 g/mol. The summed E-state index contributed by atoms with van der Waals surface area (Å²) in [7, 11) is 0. The highest BCUT2D eigenvalue weighted by Crippen LogP contribution is 2.28. The molecule has 0 bridgehead atoms. The standard InChI is InChI=1S/C22H26N4O/c27-20-12-4-1-7-16(20)8-6-14-24-22-18-10-2-3-11-19(18)25-21(26-22)17-9-5-13-23-15-17/h2-3,5,9-11,13,15-16,20,27H,1,4,6-8,12,14H2,(H,24,25,26).